The zero-order valence-electron chi connectivity index (χ0n) is 8.96. The monoisotopic (exact) mass is 223 g/mol. The van der Waals surface area contributed by atoms with E-state index in [0.29, 0.717) is 11.3 Å². The van der Waals surface area contributed by atoms with E-state index in [1.165, 1.54) is 0 Å². The number of aromatic nitrogens is 1. The van der Waals surface area contributed by atoms with Crippen molar-refractivity contribution in [3.63, 3.8) is 0 Å². The van der Waals surface area contributed by atoms with Crippen LogP contribution in [-0.2, 0) is 4.74 Å². The predicted molar refractivity (Wildman–Crippen MR) is 64.0 cm³/mol. The average Bonchev–Trinajstić information content (AvgIpc) is 2.69. The minimum absolute atomic E-state index is 0.291. The van der Waals surface area contributed by atoms with E-state index in [0.717, 1.165) is 11.1 Å². The highest BCUT2D eigenvalue weighted by molar-refractivity contribution is 6.05. The van der Waals surface area contributed by atoms with Crippen molar-refractivity contribution in [2.75, 3.05) is 0 Å². The molecule has 3 rings (SSSR count). The molecule has 1 aliphatic rings. The first-order valence-corrected chi connectivity index (χ1v) is 5.28. The smallest absolute Gasteiger partial charge is 0.344 e. The van der Waals surface area contributed by atoms with E-state index in [4.69, 9.17) is 4.74 Å². The van der Waals surface area contributed by atoms with Gasteiger partial charge in [0.15, 0.2) is 0 Å². The molecule has 0 amide bonds. The van der Waals surface area contributed by atoms with E-state index in [1.807, 2.05) is 36.4 Å². The molecule has 0 spiro atoms. The van der Waals surface area contributed by atoms with Crippen LogP contribution in [0.4, 0.5) is 0 Å². The minimum atomic E-state index is -0.291. The summed E-state index contributed by atoms with van der Waals surface area (Å²) in [5.74, 6) is 0.303. The summed E-state index contributed by atoms with van der Waals surface area (Å²) < 4.78 is 5.24. The Kier molecular flexibility index (Phi) is 2.22. The van der Waals surface area contributed by atoms with E-state index in [9.17, 15) is 4.79 Å². The number of ether oxygens (including phenoxy) is 1. The maximum absolute atomic E-state index is 11.6. The molecule has 0 aliphatic carbocycles. The Hall–Kier alpha value is -2.42. The highest BCUT2D eigenvalue weighted by Crippen LogP contribution is 2.30. The fourth-order valence-corrected chi connectivity index (χ4v) is 1.80. The van der Waals surface area contributed by atoms with Crippen molar-refractivity contribution in [3.8, 4) is 0 Å². The predicted octanol–water partition coefficient (Wildman–Crippen LogP) is 2.75. The minimum Gasteiger partial charge on any atom is -0.422 e. The molecule has 0 bridgehead atoms. The van der Waals surface area contributed by atoms with Crippen molar-refractivity contribution in [2.45, 2.75) is 0 Å². The van der Waals surface area contributed by atoms with Gasteiger partial charge in [-0.15, -0.1) is 0 Å². The lowest BCUT2D eigenvalue weighted by molar-refractivity contribution is 0.0717. The highest BCUT2D eigenvalue weighted by Gasteiger charge is 2.25. The second-order valence-corrected chi connectivity index (χ2v) is 3.72. The van der Waals surface area contributed by atoms with E-state index < -0.39 is 0 Å². The summed E-state index contributed by atoms with van der Waals surface area (Å²) in [6.07, 6.45) is 5.25. The number of esters is 1. The van der Waals surface area contributed by atoms with Crippen LogP contribution in [0.15, 0.2) is 48.8 Å². The van der Waals surface area contributed by atoms with Crippen LogP contribution in [0.2, 0.25) is 0 Å². The quantitative estimate of drug-likeness (QED) is 0.698. The molecule has 0 fully saturated rings. The maximum atomic E-state index is 11.6. The van der Waals surface area contributed by atoms with Gasteiger partial charge >= 0.3 is 5.97 Å². The van der Waals surface area contributed by atoms with Gasteiger partial charge in [0, 0.05) is 18.0 Å². The Bertz CT molecular complexity index is 603. The van der Waals surface area contributed by atoms with Crippen molar-refractivity contribution in [3.05, 3.63) is 65.5 Å². The molecule has 0 unspecified atom stereocenters. The van der Waals surface area contributed by atoms with Gasteiger partial charge in [0.2, 0.25) is 0 Å². The Morgan fingerprint density at radius 3 is 2.47 bits per heavy atom. The molecule has 2 heterocycles. The van der Waals surface area contributed by atoms with Crippen molar-refractivity contribution < 1.29 is 9.53 Å². The summed E-state index contributed by atoms with van der Waals surface area (Å²) in [6.45, 7) is 0. The highest BCUT2D eigenvalue weighted by atomic mass is 16.5. The standard InChI is InChI=1S/C14H9NO2/c16-14-12-4-2-1-3-11(12)13(17-14)9-10-5-7-15-8-6-10/h1-9H/b13-9-. The van der Waals surface area contributed by atoms with Crippen LogP contribution in [0.25, 0.3) is 11.8 Å². The lowest BCUT2D eigenvalue weighted by Gasteiger charge is -1.98. The number of carbonyl (C=O) groups excluding carboxylic acids is 1. The number of fused-ring (bicyclic) bond motifs is 1. The lowest BCUT2D eigenvalue weighted by atomic mass is 10.1. The molecule has 1 aliphatic heterocycles. The number of cyclic esters (lactones) is 1. The number of carbonyl (C=O) groups is 1. The number of hydrogen-bond donors (Lipinski definition) is 0. The van der Waals surface area contributed by atoms with Crippen molar-refractivity contribution in [1.29, 1.82) is 0 Å². The molecule has 17 heavy (non-hydrogen) atoms. The van der Waals surface area contributed by atoms with Crippen LogP contribution >= 0.6 is 0 Å². The molecular formula is C14H9NO2. The Labute approximate surface area is 98.4 Å². The average molecular weight is 223 g/mol. The SMILES string of the molecule is O=C1O/C(=C\c2ccncc2)c2ccccc21. The first-order chi connectivity index (χ1) is 8.34. The van der Waals surface area contributed by atoms with Crippen LogP contribution in [-0.4, -0.2) is 11.0 Å². The molecule has 82 valence electrons. The molecular weight excluding hydrogens is 214 g/mol. The Morgan fingerprint density at radius 1 is 1.00 bits per heavy atom. The third-order valence-corrected chi connectivity index (χ3v) is 2.62. The lowest BCUT2D eigenvalue weighted by Crippen LogP contribution is -1.92. The molecule has 3 nitrogen and oxygen atoms in total. The zero-order valence-corrected chi connectivity index (χ0v) is 8.96. The third-order valence-electron chi connectivity index (χ3n) is 2.62. The fourth-order valence-electron chi connectivity index (χ4n) is 1.80. The summed E-state index contributed by atoms with van der Waals surface area (Å²) >= 11 is 0. The topological polar surface area (TPSA) is 39.2 Å². The van der Waals surface area contributed by atoms with Gasteiger partial charge in [0.25, 0.3) is 0 Å². The number of nitrogens with zero attached hydrogens (tertiary/aromatic N) is 1. The van der Waals surface area contributed by atoms with Gasteiger partial charge < -0.3 is 4.74 Å². The first-order valence-electron chi connectivity index (χ1n) is 5.28. The third kappa shape index (κ3) is 1.72. The second kappa shape index (κ2) is 3.87. The first kappa shape index (κ1) is 9.78. The van der Waals surface area contributed by atoms with Gasteiger partial charge in [0.1, 0.15) is 5.76 Å². The van der Waals surface area contributed by atoms with Gasteiger partial charge in [-0.3, -0.25) is 4.98 Å². The fraction of sp³-hybridized carbons (Fsp3) is 0. The van der Waals surface area contributed by atoms with Crippen LogP contribution in [0.1, 0.15) is 21.5 Å². The summed E-state index contributed by atoms with van der Waals surface area (Å²) in [5, 5.41) is 0. The molecule has 3 heteroatoms. The van der Waals surface area contributed by atoms with Crippen molar-refractivity contribution in [1.82, 2.24) is 4.98 Å². The molecule has 0 N–H and O–H groups in total. The molecule has 1 aromatic carbocycles. The van der Waals surface area contributed by atoms with Gasteiger partial charge in [0.05, 0.1) is 5.56 Å². The summed E-state index contributed by atoms with van der Waals surface area (Å²) in [6, 6.07) is 11.1. The van der Waals surface area contributed by atoms with Crippen LogP contribution in [0.3, 0.4) is 0 Å². The molecule has 2 aromatic rings. The van der Waals surface area contributed by atoms with E-state index in [1.54, 1.807) is 18.5 Å². The number of hydrogen-bond acceptors (Lipinski definition) is 3. The van der Waals surface area contributed by atoms with Crippen molar-refractivity contribution >= 4 is 17.8 Å². The number of pyridine rings is 1. The summed E-state index contributed by atoms with van der Waals surface area (Å²) in [5.41, 5.74) is 2.42. The van der Waals surface area contributed by atoms with E-state index >= 15 is 0 Å². The van der Waals surface area contributed by atoms with Gasteiger partial charge in [-0.25, -0.2) is 4.79 Å². The second-order valence-electron chi connectivity index (χ2n) is 3.72. The molecule has 0 saturated carbocycles. The molecule has 0 radical (unpaired) electrons. The number of rotatable bonds is 1. The van der Waals surface area contributed by atoms with Crippen LogP contribution < -0.4 is 0 Å². The van der Waals surface area contributed by atoms with Crippen molar-refractivity contribution in [2.24, 2.45) is 0 Å². The van der Waals surface area contributed by atoms with Gasteiger partial charge in [-0.1, -0.05) is 18.2 Å². The van der Waals surface area contributed by atoms with Crippen LogP contribution in [0.5, 0.6) is 0 Å². The van der Waals surface area contributed by atoms with Gasteiger partial charge in [-0.2, -0.15) is 0 Å². The van der Waals surface area contributed by atoms with E-state index in [2.05, 4.69) is 4.98 Å². The maximum Gasteiger partial charge on any atom is 0.344 e. The molecule has 0 atom stereocenters. The summed E-state index contributed by atoms with van der Waals surface area (Å²) in [7, 11) is 0. The molecule has 0 saturated heterocycles. The zero-order chi connectivity index (χ0) is 11.7. The Balaban J connectivity index is 2.08. The Morgan fingerprint density at radius 2 is 1.71 bits per heavy atom. The molecule has 1 aromatic heterocycles. The number of benzene rings is 1. The van der Waals surface area contributed by atoms with E-state index in [-0.39, 0.29) is 5.97 Å². The van der Waals surface area contributed by atoms with Gasteiger partial charge in [-0.05, 0) is 29.8 Å². The summed E-state index contributed by atoms with van der Waals surface area (Å²) in [4.78, 5) is 15.5. The largest absolute Gasteiger partial charge is 0.422 e. The van der Waals surface area contributed by atoms with Crippen LogP contribution in [0, 0.1) is 0 Å². The normalized spacial score (nSPS) is 15.8.